The number of rotatable bonds is 2. The van der Waals surface area contributed by atoms with Crippen molar-refractivity contribution in [2.24, 2.45) is 0 Å². The monoisotopic (exact) mass is 246 g/mol. The number of nitrogens with one attached hydrogen (secondary N) is 1. The van der Waals surface area contributed by atoms with Gasteiger partial charge in [-0.15, -0.1) is 5.10 Å². The molecule has 0 aliphatic rings. The molecular formula is C10H6N4O4. The van der Waals surface area contributed by atoms with Gasteiger partial charge in [0.25, 0.3) is 0 Å². The van der Waals surface area contributed by atoms with Gasteiger partial charge in [0.05, 0.1) is 17.4 Å². The highest BCUT2D eigenvalue weighted by Crippen LogP contribution is 2.16. The number of nitrogens with zero attached hydrogens (tertiary/aromatic N) is 3. The second-order valence-corrected chi connectivity index (χ2v) is 3.53. The van der Waals surface area contributed by atoms with Gasteiger partial charge in [0.1, 0.15) is 0 Å². The molecule has 3 rings (SSSR count). The summed E-state index contributed by atoms with van der Waals surface area (Å²) in [6.45, 7) is 0. The summed E-state index contributed by atoms with van der Waals surface area (Å²) in [4.78, 5) is 24.4. The summed E-state index contributed by atoms with van der Waals surface area (Å²) in [5.74, 6) is -1.71. The molecule has 8 heteroatoms. The first-order valence-corrected chi connectivity index (χ1v) is 4.92. The zero-order valence-corrected chi connectivity index (χ0v) is 8.82. The van der Waals surface area contributed by atoms with Crippen LogP contribution in [-0.4, -0.2) is 31.1 Å². The summed E-state index contributed by atoms with van der Waals surface area (Å²) in [5.41, 5.74) is 1.22. The van der Waals surface area contributed by atoms with Gasteiger partial charge in [0, 0.05) is 6.07 Å². The molecule has 0 aliphatic carbocycles. The summed E-state index contributed by atoms with van der Waals surface area (Å²) in [5, 5.41) is 16.2. The quantitative estimate of drug-likeness (QED) is 0.676. The van der Waals surface area contributed by atoms with Gasteiger partial charge in [-0.2, -0.15) is 0 Å². The van der Waals surface area contributed by atoms with Gasteiger partial charge in [0.2, 0.25) is 0 Å². The van der Waals surface area contributed by atoms with Crippen molar-refractivity contribution < 1.29 is 14.3 Å². The maximum Gasteiger partial charge on any atom is 0.417 e. The Hall–Kier alpha value is -2.90. The van der Waals surface area contributed by atoms with Crippen molar-refractivity contribution in [3.05, 3.63) is 40.6 Å². The number of aromatic amines is 1. The average molecular weight is 246 g/mol. The van der Waals surface area contributed by atoms with E-state index in [2.05, 4.69) is 15.3 Å². The lowest BCUT2D eigenvalue weighted by molar-refractivity contribution is 0.0687. The predicted octanol–water partition coefficient (Wildman–Crippen LogP) is 0.400. The van der Waals surface area contributed by atoms with Gasteiger partial charge >= 0.3 is 11.7 Å². The van der Waals surface area contributed by atoms with E-state index in [-0.39, 0.29) is 5.69 Å². The molecule has 8 nitrogen and oxygen atoms in total. The molecule has 0 atom stereocenters. The minimum Gasteiger partial charge on any atom is -0.476 e. The van der Waals surface area contributed by atoms with Gasteiger partial charge in [-0.3, -0.25) is 4.98 Å². The van der Waals surface area contributed by atoms with Crippen LogP contribution in [0.1, 0.15) is 10.5 Å². The van der Waals surface area contributed by atoms with Crippen LogP contribution in [0.15, 0.2) is 33.6 Å². The number of H-pyrrole nitrogens is 1. The lowest BCUT2D eigenvalue weighted by Crippen LogP contribution is -2.07. The zero-order chi connectivity index (χ0) is 12.7. The first kappa shape index (κ1) is 10.3. The van der Waals surface area contributed by atoms with Crippen LogP contribution in [0, 0.1) is 0 Å². The summed E-state index contributed by atoms with van der Waals surface area (Å²) in [6.07, 6.45) is 1.14. The normalized spacial score (nSPS) is 10.9. The Labute approximate surface area is 98.5 Å². The maximum atomic E-state index is 11.0. The highest BCUT2D eigenvalue weighted by Gasteiger charge is 2.14. The van der Waals surface area contributed by atoms with Crippen molar-refractivity contribution in [2.75, 3.05) is 0 Å². The Morgan fingerprint density at radius 1 is 1.44 bits per heavy atom. The van der Waals surface area contributed by atoms with Crippen LogP contribution in [0.5, 0.6) is 0 Å². The number of hydrogen-bond acceptors (Lipinski definition) is 5. The lowest BCUT2D eigenvalue weighted by atomic mass is 10.3. The third kappa shape index (κ3) is 1.47. The van der Waals surface area contributed by atoms with E-state index in [9.17, 15) is 9.59 Å². The number of aromatic nitrogens is 4. The number of fused-ring (bicyclic) bond motifs is 1. The molecule has 3 aromatic rings. The SMILES string of the molecule is O=C(O)c1cnnn1-c1ccc2[nH]c(=O)oc2c1. The molecule has 0 saturated carbocycles. The van der Waals surface area contributed by atoms with E-state index in [0.717, 1.165) is 10.9 Å². The molecule has 0 unspecified atom stereocenters. The number of carbonyl (C=O) groups is 1. The number of hydrogen-bond donors (Lipinski definition) is 2. The van der Waals surface area contributed by atoms with E-state index < -0.39 is 11.7 Å². The lowest BCUT2D eigenvalue weighted by Gasteiger charge is -2.01. The number of oxazole rings is 1. The van der Waals surface area contributed by atoms with Crippen LogP contribution < -0.4 is 5.76 Å². The maximum absolute atomic E-state index is 11.0. The predicted molar refractivity (Wildman–Crippen MR) is 58.7 cm³/mol. The van der Waals surface area contributed by atoms with Crippen molar-refractivity contribution >= 4 is 17.1 Å². The van der Waals surface area contributed by atoms with E-state index in [0.29, 0.717) is 16.8 Å². The molecule has 2 N–H and O–H groups in total. The summed E-state index contributed by atoms with van der Waals surface area (Å²) >= 11 is 0. The molecule has 90 valence electrons. The molecule has 1 aromatic carbocycles. The molecule has 0 saturated heterocycles. The Balaban J connectivity index is 2.21. The minimum atomic E-state index is -1.14. The molecular weight excluding hydrogens is 240 g/mol. The highest BCUT2D eigenvalue weighted by atomic mass is 16.4. The second-order valence-electron chi connectivity index (χ2n) is 3.53. The molecule has 2 heterocycles. The van der Waals surface area contributed by atoms with Crippen LogP contribution in [0.25, 0.3) is 16.8 Å². The minimum absolute atomic E-state index is 0.0766. The Bertz CT molecular complexity index is 797. The fraction of sp³-hybridized carbons (Fsp3) is 0. The van der Waals surface area contributed by atoms with E-state index in [1.165, 1.54) is 6.07 Å². The van der Waals surface area contributed by atoms with Gasteiger partial charge in [-0.25, -0.2) is 14.3 Å². The zero-order valence-electron chi connectivity index (χ0n) is 8.82. The van der Waals surface area contributed by atoms with E-state index in [4.69, 9.17) is 9.52 Å². The number of aromatic carboxylic acids is 1. The first-order chi connectivity index (χ1) is 8.65. The molecule has 0 amide bonds. The van der Waals surface area contributed by atoms with Crippen molar-refractivity contribution in [3.8, 4) is 5.69 Å². The number of carboxylic acids is 1. The van der Waals surface area contributed by atoms with Crippen molar-refractivity contribution in [3.63, 3.8) is 0 Å². The van der Waals surface area contributed by atoms with E-state index in [1.807, 2.05) is 0 Å². The molecule has 2 aromatic heterocycles. The Morgan fingerprint density at radius 2 is 2.28 bits per heavy atom. The molecule has 0 aliphatic heterocycles. The standard InChI is InChI=1S/C10H6N4O4/c15-9(16)7-4-11-13-14(7)5-1-2-6-8(3-5)18-10(17)12-6/h1-4H,(H,12,17)(H,15,16). The molecule has 0 spiro atoms. The Morgan fingerprint density at radius 3 is 3.06 bits per heavy atom. The molecule has 0 bridgehead atoms. The number of carboxylic acid groups (broad SMARTS) is 1. The third-order valence-electron chi connectivity index (χ3n) is 2.42. The van der Waals surface area contributed by atoms with Crippen LogP contribution in [0.3, 0.4) is 0 Å². The fourth-order valence-corrected chi connectivity index (χ4v) is 1.64. The molecule has 18 heavy (non-hydrogen) atoms. The van der Waals surface area contributed by atoms with Crippen LogP contribution in [0.4, 0.5) is 0 Å². The highest BCUT2D eigenvalue weighted by molar-refractivity contribution is 5.86. The first-order valence-electron chi connectivity index (χ1n) is 4.92. The van der Waals surface area contributed by atoms with Gasteiger partial charge < -0.3 is 9.52 Å². The fourth-order valence-electron chi connectivity index (χ4n) is 1.64. The smallest absolute Gasteiger partial charge is 0.417 e. The summed E-state index contributed by atoms with van der Waals surface area (Å²) in [6, 6.07) is 4.71. The summed E-state index contributed by atoms with van der Waals surface area (Å²) < 4.78 is 6.03. The largest absolute Gasteiger partial charge is 0.476 e. The van der Waals surface area contributed by atoms with Crippen LogP contribution in [-0.2, 0) is 0 Å². The van der Waals surface area contributed by atoms with Gasteiger partial charge in [-0.05, 0) is 12.1 Å². The number of benzene rings is 1. The average Bonchev–Trinajstić information content (AvgIpc) is 2.91. The topological polar surface area (TPSA) is 114 Å². The van der Waals surface area contributed by atoms with Crippen molar-refractivity contribution in [2.45, 2.75) is 0 Å². The van der Waals surface area contributed by atoms with Crippen LogP contribution in [0.2, 0.25) is 0 Å². The molecule has 0 fully saturated rings. The van der Waals surface area contributed by atoms with Crippen LogP contribution >= 0.6 is 0 Å². The van der Waals surface area contributed by atoms with Crippen molar-refractivity contribution in [1.29, 1.82) is 0 Å². The molecule has 0 radical (unpaired) electrons. The summed E-state index contributed by atoms with van der Waals surface area (Å²) in [7, 11) is 0. The van der Waals surface area contributed by atoms with E-state index in [1.54, 1.807) is 12.1 Å². The van der Waals surface area contributed by atoms with E-state index >= 15 is 0 Å². The second kappa shape index (κ2) is 3.55. The Kier molecular flexibility index (Phi) is 2.03. The van der Waals surface area contributed by atoms with Gasteiger partial charge in [0.15, 0.2) is 11.3 Å². The van der Waals surface area contributed by atoms with Gasteiger partial charge in [-0.1, -0.05) is 5.21 Å². The van der Waals surface area contributed by atoms with Crippen molar-refractivity contribution in [1.82, 2.24) is 20.0 Å². The third-order valence-corrected chi connectivity index (χ3v) is 2.42.